The molecule has 0 fully saturated rings. The summed E-state index contributed by atoms with van der Waals surface area (Å²) in [6, 6.07) is 14.1. The summed E-state index contributed by atoms with van der Waals surface area (Å²) in [5.41, 5.74) is 2.34. The number of carboxylic acid groups (broad SMARTS) is 1. The van der Waals surface area contributed by atoms with E-state index >= 15 is 0 Å². The summed E-state index contributed by atoms with van der Waals surface area (Å²) in [6.45, 7) is 5.46. The van der Waals surface area contributed by atoms with Gasteiger partial charge < -0.3 is 9.67 Å². The Hall–Kier alpha value is -3.91. The van der Waals surface area contributed by atoms with Gasteiger partial charge in [0.05, 0.1) is 11.3 Å². The summed E-state index contributed by atoms with van der Waals surface area (Å²) in [5.74, 6) is -1.72. The molecule has 0 saturated heterocycles. The number of aryl methyl sites for hydroxylation is 1. The number of para-hydroxylation sites is 1. The molecule has 0 unspecified atom stereocenters. The molecular formula is C28H27FN2O4S. The maximum absolute atomic E-state index is 14.8. The van der Waals surface area contributed by atoms with Gasteiger partial charge in [-0.05, 0) is 61.4 Å². The molecule has 0 aliphatic rings. The van der Waals surface area contributed by atoms with E-state index in [4.69, 9.17) is 0 Å². The Balaban J connectivity index is 1.93. The zero-order valence-corrected chi connectivity index (χ0v) is 21.3. The fourth-order valence-corrected chi connectivity index (χ4v) is 6.14. The van der Waals surface area contributed by atoms with Crippen LogP contribution in [-0.2, 0) is 17.1 Å². The third kappa shape index (κ3) is 4.28. The second-order valence-electron chi connectivity index (χ2n) is 8.49. The van der Waals surface area contributed by atoms with Crippen molar-refractivity contribution in [3.63, 3.8) is 0 Å². The molecule has 0 aliphatic heterocycles. The van der Waals surface area contributed by atoms with Crippen molar-refractivity contribution in [2.75, 3.05) is 4.72 Å². The van der Waals surface area contributed by atoms with Gasteiger partial charge in [-0.15, -0.1) is 0 Å². The minimum absolute atomic E-state index is 0.0364. The highest BCUT2D eigenvalue weighted by molar-refractivity contribution is 7.93. The van der Waals surface area contributed by atoms with Crippen LogP contribution in [0, 0.1) is 12.7 Å². The number of aromatic nitrogens is 1. The number of hydrogen-bond donors (Lipinski definition) is 2. The molecule has 2 N–H and O–H groups in total. The number of benzene rings is 3. The molecule has 0 radical (unpaired) electrons. The highest BCUT2D eigenvalue weighted by Crippen LogP contribution is 2.30. The first-order valence-electron chi connectivity index (χ1n) is 11.5. The van der Waals surface area contributed by atoms with Crippen LogP contribution in [0.1, 0.15) is 36.3 Å². The van der Waals surface area contributed by atoms with Crippen molar-refractivity contribution in [1.29, 1.82) is 0 Å². The van der Waals surface area contributed by atoms with E-state index in [1.807, 2.05) is 36.7 Å². The fraction of sp³-hybridized carbons (Fsp3) is 0.179. The van der Waals surface area contributed by atoms with Crippen molar-refractivity contribution in [1.82, 2.24) is 4.57 Å². The van der Waals surface area contributed by atoms with E-state index in [0.717, 1.165) is 11.6 Å². The van der Waals surface area contributed by atoms with Crippen molar-refractivity contribution in [3.8, 4) is 11.1 Å². The number of anilines is 1. The van der Waals surface area contributed by atoms with Crippen molar-refractivity contribution in [2.24, 2.45) is 7.05 Å². The molecule has 0 bridgehead atoms. The lowest BCUT2D eigenvalue weighted by molar-refractivity contribution is 0.0697. The van der Waals surface area contributed by atoms with Crippen LogP contribution >= 0.6 is 0 Å². The number of hydrogen-bond acceptors (Lipinski definition) is 3. The van der Waals surface area contributed by atoms with Gasteiger partial charge in [-0.25, -0.2) is 17.6 Å². The quantitative estimate of drug-likeness (QED) is 0.394. The van der Waals surface area contributed by atoms with Crippen molar-refractivity contribution < 1.29 is 22.7 Å². The highest BCUT2D eigenvalue weighted by atomic mass is 32.2. The molecule has 1 aromatic heterocycles. The van der Waals surface area contributed by atoms with Gasteiger partial charge in [0.1, 0.15) is 10.7 Å². The fourth-order valence-electron chi connectivity index (χ4n) is 4.58. The van der Waals surface area contributed by atoms with Gasteiger partial charge in [0.25, 0.3) is 10.0 Å². The number of nitrogens with one attached hydrogen (secondary N) is 1. The zero-order chi connectivity index (χ0) is 26.2. The molecule has 0 saturated carbocycles. The molecule has 0 aliphatic carbocycles. The average molecular weight is 507 g/mol. The van der Waals surface area contributed by atoms with E-state index in [0.29, 0.717) is 39.2 Å². The van der Waals surface area contributed by atoms with Crippen LogP contribution in [0.4, 0.5) is 10.1 Å². The number of sulfonamides is 1. The van der Waals surface area contributed by atoms with Crippen LogP contribution in [0.5, 0.6) is 0 Å². The van der Waals surface area contributed by atoms with Gasteiger partial charge in [0.15, 0.2) is 0 Å². The Morgan fingerprint density at radius 1 is 1.08 bits per heavy atom. The van der Waals surface area contributed by atoms with E-state index in [1.54, 1.807) is 44.2 Å². The lowest BCUT2D eigenvalue weighted by Gasteiger charge is -2.13. The van der Waals surface area contributed by atoms with Crippen LogP contribution in [-0.4, -0.2) is 24.1 Å². The molecule has 3 aromatic carbocycles. The molecule has 186 valence electrons. The van der Waals surface area contributed by atoms with Crippen LogP contribution < -0.4 is 15.2 Å². The van der Waals surface area contributed by atoms with Crippen molar-refractivity contribution in [2.45, 2.75) is 32.1 Å². The second kappa shape index (κ2) is 9.62. The van der Waals surface area contributed by atoms with Crippen LogP contribution in [0.3, 0.4) is 0 Å². The number of aromatic carboxylic acids is 1. The van der Waals surface area contributed by atoms with Gasteiger partial charge in [0.2, 0.25) is 0 Å². The first-order chi connectivity index (χ1) is 17.1. The molecule has 0 amide bonds. The molecule has 6 nitrogen and oxygen atoms in total. The van der Waals surface area contributed by atoms with Crippen molar-refractivity contribution in [3.05, 3.63) is 82.1 Å². The van der Waals surface area contributed by atoms with E-state index in [1.165, 1.54) is 12.1 Å². The Labute approximate surface area is 209 Å². The Bertz CT molecular complexity index is 1740. The van der Waals surface area contributed by atoms with E-state index in [2.05, 4.69) is 4.72 Å². The SMILES string of the molecule is C/C=c1/c(-c2cc(C(=O)O)ccc2F)ccc(NS(=O)(=O)c2c(C)n(C)c3ccccc23)/c1=C/CC. The maximum Gasteiger partial charge on any atom is 0.335 e. The summed E-state index contributed by atoms with van der Waals surface area (Å²) < 4.78 is 46.7. The van der Waals surface area contributed by atoms with Crippen LogP contribution in [0.15, 0.2) is 59.5 Å². The molecule has 8 heteroatoms. The predicted octanol–water partition coefficient (Wildman–Crippen LogP) is 4.78. The molecule has 36 heavy (non-hydrogen) atoms. The Kier molecular flexibility index (Phi) is 6.73. The second-order valence-corrected chi connectivity index (χ2v) is 10.1. The minimum Gasteiger partial charge on any atom is -0.478 e. The molecule has 0 atom stereocenters. The van der Waals surface area contributed by atoms with E-state index in [9.17, 15) is 22.7 Å². The highest BCUT2D eigenvalue weighted by Gasteiger charge is 2.25. The standard InChI is InChI=1S/C28H27FN2O4S/c1-5-9-21-19(6-2)20(23-16-18(28(32)33)12-14-24(23)29)13-15-25(21)30-36(34,35)27-17(3)31(4)26-11-8-7-10-22(26)27/h6-16,30H,5H2,1-4H3,(H,32,33)/b19-6-,21-9+. The van der Waals surface area contributed by atoms with Crippen LogP contribution in [0.2, 0.25) is 0 Å². The first-order valence-corrected chi connectivity index (χ1v) is 13.0. The van der Waals surface area contributed by atoms with E-state index in [-0.39, 0.29) is 16.0 Å². The molecule has 4 aromatic rings. The lowest BCUT2D eigenvalue weighted by atomic mass is 9.98. The van der Waals surface area contributed by atoms with E-state index < -0.39 is 21.8 Å². The third-order valence-corrected chi connectivity index (χ3v) is 7.88. The topological polar surface area (TPSA) is 88.4 Å². The Morgan fingerprint density at radius 3 is 2.47 bits per heavy atom. The number of carboxylic acids is 1. The van der Waals surface area contributed by atoms with Gasteiger partial charge in [0, 0.05) is 34.4 Å². The lowest BCUT2D eigenvalue weighted by Crippen LogP contribution is -2.31. The largest absolute Gasteiger partial charge is 0.478 e. The monoisotopic (exact) mass is 506 g/mol. The number of halogens is 1. The summed E-state index contributed by atoms with van der Waals surface area (Å²) in [4.78, 5) is 11.7. The van der Waals surface area contributed by atoms with Crippen LogP contribution in [0.25, 0.3) is 34.2 Å². The number of carbonyl (C=O) groups is 1. The van der Waals surface area contributed by atoms with Crippen molar-refractivity contribution >= 4 is 44.7 Å². The summed E-state index contributed by atoms with van der Waals surface area (Å²) >= 11 is 0. The maximum atomic E-state index is 14.8. The minimum atomic E-state index is -3.98. The molecule has 4 rings (SSSR count). The van der Waals surface area contributed by atoms with Gasteiger partial charge in [-0.2, -0.15) is 0 Å². The number of fused-ring (bicyclic) bond motifs is 1. The van der Waals surface area contributed by atoms with Gasteiger partial charge in [-0.1, -0.05) is 43.3 Å². The predicted molar refractivity (Wildman–Crippen MR) is 141 cm³/mol. The number of nitrogens with zero attached hydrogens (tertiary/aromatic N) is 1. The smallest absolute Gasteiger partial charge is 0.335 e. The summed E-state index contributed by atoms with van der Waals surface area (Å²) in [5, 5.41) is 11.2. The molecular weight excluding hydrogens is 479 g/mol. The summed E-state index contributed by atoms with van der Waals surface area (Å²) in [7, 11) is -2.15. The number of rotatable bonds is 6. The molecule has 0 spiro atoms. The molecule has 1 heterocycles. The Morgan fingerprint density at radius 2 is 1.81 bits per heavy atom. The van der Waals surface area contributed by atoms with Gasteiger partial charge >= 0.3 is 5.97 Å². The van der Waals surface area contributed by atoms with Gasteiger partial charge in [-0.3, -0.25) is 4.72 Å². The summed E-state index contributed by atoms with van der Waals surface area (Å²) in [6.07, 6.45) is 4.24. The first kappa shape index (κ1) is 25.2. The average Bonchev–Trinajstić information content (AvgIpc) is 3.11. The third-order valence-electron chi connectivity index (χ3n) is 6.34. The zero-order valence-electron chi connectivity index (χ0n) is 20.5. The normalized spacial score (nSPS) is 12.9.